The number of carbonyl (C=O) groups is 1. The fourth-order valence-corrected chi connectivity index (χ4v) is 3.23. The zero-order valence-electron chi connectivity index (χ0n) is 14.7. The Balaban J connectivity index is 1.73. The van der Waals surface area contributed by atoms with Gasteiger partial charge in [0.05, 0.1) is 30.0 Å². The van der Waals surface area contributed by atoms with E-state index >= 15 is 0 Å². The van der Waals surface area contributed by atoms with Crippen molar-refractivity contribution in [1.82, 2.24) is 14.5 Å². The molecule has 27 heavy (non-hydrogen) atoms. The molecule has 1 aliphatic heterocycles. The lowest BCUT2D eigenvalue weighted by molar-refractivity contribution is 0.0303. The average molecular weight is 372 g/mol. The van der Waals surface area contributed by atoms with Crippen molar-refractivity contribution in [1.29, 1.82) is 0 Å². The number of anilines is 2. The van der Waals surface area contributed by atoms with E-state index in [1.807, 2.05) is 23.9 Å². The molecular weight excluding hydrogens is 354 g/mol. The first kappa shape index (κ1) is 17.4. The predicted octanol–water partition coefficient (Wildman–Crippen LogP) is 3.07. The molecule has 1 aliphatic rings. The molecule has 140 valence electrons. The number of aryl methyl sites for hydroxylation is 1. The van der Waals surface area contributed by atoms with Crippen molar-refractivity contribution in [2.24, 2.45) is 7.05 Å². The number of carbonyl (C=O) groups excluding carboxylic acids is 1. The first-order valence-electron chi connectivity index (χ1n) is 8.58. The van der Waals surface area contributed by atoms with Gasteiger partial charge in [-0.05, 0) is 18.2 Å². The minimum absolute atomic E-state index is 0.112. The number of hydrogen-bond donors (Lipinski definition) is 1. The molecule has 1 aromatic carbocycles. The Morgan fingerprint density at radius 1 is 1.22 bits per heavy atom. The standard InChI is InChI=1S/C19H18F2N4O2/c1-24-5-4-13-17(24)14(19(26)25-6-8-27-9-7-25)11-22-18(13)23-16-3-2-12(20)10-15(16)21/h2-5,10-11H,6-9H2,1H3,(H,22,23). The van der Waals surface area contributed by atoms with Crippen molar-refractivity contribution in [2.45, 2.75) is 0 Å². The predicted molar refractivity (Wildman–Crippen MR) is 97.1 cm³/mol. The fourth-order valence-electron chi connectivity index (χ4n) is 3.23. The number of aromatic nitrogens is 2. The number of halogens is 2. The molecule has 2 aromatic heterocycles. The minimum Gasteiger partial charge on any atom is -0.378 e. The van der Waals surface area contributed by atoms with E-state index in [4.69, 9.17) is 4.74 Å². The zero-order valence-corrected chi connectivity index (χ0v) is 14.7. The lowest BCUT2D eigenvalue weighted by Crippen LogP contribution is -2.40. The molecule has 1 saturated heterocycles. The molecule has 8 heteroatoms. The Morgan fingerprint density at radius 3 is 2.74 bits per heavy atom. The highest BCUT2D eigenvalue weighted by molar-refractivity contribution is 6.08. The van der Waals surface area contributed by atoms with E-state index in [0.29, 0.717) is 48.6 Å². The number of nitrogens with zero attached hydrogens (tertiary/aromatic N) is 3. The van der Waals surface area contributed by atoms with Gasteiger partial charge in [-0.25, -0.2) is 13.8 Å². The largest absolute Gasteiger partial charge is 0.378 e. The van der Waals surface area contributed by atoms with Gasteiger partial charge in [0.25, 0.3) is 5.91 Å². The SMILES string of the molecule is Cn1ccc2c(Nc3ccc(F)cc3F)ncc(C(=O)N3CCOCC3)c21. The summed E-state index contributed by atoms with van der Waals surface area (Å²) in [6.45, 7) is 2.09. The molecule has 3 aromatic rings. The number of benzene rings is 1. The van der Waals surface area contributed by atoms with Gasteiger partial charge in [0, 0.05) is 44.0 Å². The van der Waals surface area contributed by atoms with Crippen LogP contribution in [0.1, 0.15) is 10.4 Å². The van der Waals surface area contributed by atoms with Gasteiger partial charge in [-0.15, -0.1) is 0 Å². The summed E-state index contributed by atoms with van der Waals surface area (Å²) in [5.74, 6) is -1.08. The zero-order chi connectivity index (χ0) is 19.0. The molecule has 0 aliphatic carbocycles. The van der Waals surface area contributed by atoms with Crippen LogP contribution in [0.25, 0.3) is 10.9 Å². The molecule has 0 spiro atoms. The number of fused-ring (bicyclic) bond motifs is 1. The number of hydrogen-bond acceptors (Lipinski definition) is 4. The van der Waals surface area contributed by atoms with Gasteiger partial charge in [0.2, 0.25) is 0 Å². The second kappa shape index (κ2) is 6.96. The lowest BCUT2D eigenvalue weighted by atomic mass is 10.1. The monoisotopic (exact) mass is 372 g/mol. The Hall–Kier alpha value is -3.00. The average Bonchev–Trinajstić information content (AvgIpc) is 3.07. The summed E-state index contributed by atoms with van der Waals surface area (Å²) in [5.41, 5.74) is 1.29. The molecule has 1 N–H and O–H groups in total. The maximum Gasteiger partial charge on any atom is 0.257 e. The third kappa shape index (κ3) is 3.23. The topological polar surface area (TPSA) is 59.4 Å². The molecule has 1 amide bonds. The van der Waals surface area contributed by atoms with Crippen LogP contribution in [0.2, 0.25) is 0 Å². The van der Waals surface area contributed by atoms with Crippen LogP contribution in [0, 0.1) is 11.6 Å². The maximum atomic E-state index is 14.0. The van der Waals surface area contributed by atoms with E-state index in [1.165, 1.54) is 18.3 Å². The third-order valence-electron chi connectivity index (χ3n) is 4.62. The van der Waals surface area contributed by atoms with E-state index < -0.39 is 11.6 Å². The van der Waals surface area contributed by atoms with Crippen LogP contribution >= 0.6 is 0 Å². The number of rotatable bonds is 3. The van der Waals surface area contributed by atoms with Crippen LogP contribution in [-0.4, -0.2) is 46.7 Å². The summed E-state index contributed by atoms with van der Waals surface area (Å²) in [5, 5.41) is 3.57. The van der Waals surface area contributed by atoms with Crippen LogP contribution in [-0.2, 0) is 11.8 Å². The van der Waals surface area contributed by atoms with Crippen molar-refractivity contribution in [3.05, 3.63) is 53.9 Å². The minimum atomic E-state index is -0.714. The highest BCUT2D eigenvalue weighted by atomic mass is 19.1. The van der Waals surface area contributed by atoms with Crippen LogP contribution < -0.4 is 5.32 Å². The molecule has 0 atom stereocenters. The summed E-state index contributed by atoms with van der Waals surface area (Å²) in [4.78, 5) is 19.0. The van der Waals surface area contributed by atoms with Crippen molar-refractivity contribution in [3.63, 3.8) is 0 Å². The molecule has 0 radical (unpaired) electrons. The molecule has 6 nitrogen and oxygen atoms in total. The number of ether oxygens (including phenoxy) is 1. The maximum absolute atomic E-state index is 14.0. The van der Waals surface area contributed by atoms with Crippen LogP contribution in [0.15, 0.2) is 36.7 Å². The van der Waals surface area contributed by atoms with Gasteiger partial charge in [0.15, 0.2) is 0 Å². The molecule has 0 bridgehead atoms. The summed E-state index contributed by atoms with van der Waals surface area (Å²) in [6.07, 6.45) is 3.30. The van der Waals surface area contributed by atoms with Crippen LogP contribution in [0.4, 0.5) is 20.3 Å². The van der Waals surface area contributed by atoms with Gasteiger partial charge in [-0.1, -0.05) is 0 Å². The Labute approximate surface area is 154 Å². The second-order valence-corrected chi connectivity index (χ2v) is 6.36. The van der Waals surface area contributed by atoms with Gasteiger partial charge < -0.3 is 19.5 Å². The summed E-state index contributed by atoms with van der Waals surface area (Å²) < 4.78 is 34.2. The summed E-state index contributed by atoms with van der Waals surface area (Å²) in [7, 11) is 1.83. The molecule has 0 saturated carbocycles. The second-order valence-electron chi connectivity index (χ2n) is 6.36. The van der Waals surface area contributed by atoms with Crippen molar-refractivity contribution in [2.75, 3.05) is 31.6 Å². The molecule has 4 rings (SSSR count). The number of pyridine rings is 1. The van der Waals surface area contributed by atoms with Crippen molar-refractivity contribution in [3.8, 4) is 0 Å². The van der Waals surface area contributed by atoms with E-state index in [9.17, 15) is 13.6 Å². The van der Waals surface area contributed by atoms with E-state index in [2.05, 4.69) is 10.3 Å². The first-order valence-corrected chi connectivity index (χ1v) is 8.58. The molecule has 3 heterocycles. The molecule has 0 unspecified atom stereocenters. The number of nitrogens with one attached hydrogen (secondary N) is 1. The quantitative estimate of drug-likeness (QED) is 0.768. The van der Waals surface area contributed by atoms with E-state index in [-0.39, 0.29) is 11.6 Å². The van der Waals surface area contributed by atoms with E-state index in [1.54, 1.807) is 4.90 Å². The number of amides is 1. The van der Waals surface area contributed by atoms with Crippen LogP contribution in [0.5, 0.6) is 0 Å². The van der Waals surface area contributed by atoms with Crippen molar-refractivity contribution < 1.29 is 18.3 Å². The highest BCUT2D eigenvalue weighted by Gasteiger charge is 2.23. The Morgan fingerprint density at radius 2 is 2.00 bits per heavy atom. The van der Waals surface area contributed by atoms with E-state index in [0.717, 1.165) is 6.07 Å². The fraction of sp³-hybridized carbons (Fsp3) is 0.263. The molecular formula is C19H18F2N4O2. The lowest BCUT2D eigenvalue weighted by Gasteiger charge is -2.27. The smallest absolute Gasteiger partial charge is 0.257 e. The van der Waals surface area contributed by atoms with Gasteiger partial charge in [-0.2, -0.15) is 0 Å². The van der Waals surface area contributed by atoms with Gasteiger partial charge in [0.1, 0.15) is 17.5 Å². The Kier molecular flexibility index (Phi) is 4.49. The number of morpholine rings is 1. The summed E-state index contributed by atoms with van der Waals surface area (Å²) >= 11 is 0. The van der Waals surface area contributed by atoms with Crippen molar-refractivity contribution >= 4 is 28.3 Å². The molecule has 1 fully saturated rings. The van der Waals surface area contributed by atoms with Crippen LogP contribution in [0.3, 0.4) is 0 Å². The third-order valence-corrected chi connectivity index (χ3v) is 4.62. The van der Waals surface area contributed by atoms with Gasteiger partial charge in [-0.3, -0.25) is 4.79 Å². The normalized spacial score (nSPS) is 14.6. The Bertz CT molecular complexity index is 1010. The van der Waals surface area contributed by atoms with Gasteiger partial charge >= 0.3 is 0 Å². The first-order chi connectivity index (χ1) is 13.0. The summed E-state index contributed by atoms with van der Waals surface area (Å²) in [6, 6.07) is 5.10. The highest BCUT2D eigenvalue weighted by Crippen LogP contribution is 2.29.